The van der Waals surface area contributed by atoms with Gasteiger partial charge in [-0.25, -0.2) is 4.98 Å². The minimum Gasteiger partial charge on any atom is -0.376 e. The van der Waals surface area contributed by atoms with Crippen LogP contribution >= 0.6 is 11.3 Å². The number of rotatable bonds is 6. The smallest absolute Gasteiger partial charge is 0.227 e. The lowest BCUT2D eigenvalue weighted by Gasteiger charge is -2.33. The molecule has 1 saturated heterocycles. The summed E-state index contributed by atoms with van der Waals surface area (Å²) >= 11 is 1.69. The molecule has 24 heavy (non-hydrogen) atoms. The summed E-state index contributed by atoms with van der Waals surface area (Å²) in [5, 5.41) is 3.16. The lowest BCUT2D eigenvalue weighted by atomic mass is 9.97. The van der Waals surface area contributed by atoms with Crippen molar-refractivity contribution >= 4 is 17.2 Å². The third-order valence-electron chi connectivity index (χ3n) is 4.43. The van der Waals surface area contributed by atoms with Crippen LogP contribution in [0.3, 0.4) is 0 Å². The number of carbonyl (C=O) groups excluding carboxylic acids is 1. The Kier molecular flexibility index (Phi) is 5.99. The highest BCUT2D eigenvalue weighted by Gasteiger charge is 2.28. The summed E-state index contributed by atoms with van der Waals surface area (Å²) in [6, 6.07) is 10.1. The molecule has 128 valence electrons. The molecule has 0 unspecified atom stereocenters. The molecular weight excluding hydrogens is 320 g/mol. The van der Waals surface area contributed by atoms with Gasteiger partial charge in [-0.3, -0.25) is 4.79 Å². The van der Waals surface area contributed by atoms with Gasteiger partial charge in [0.2, 0.25) is 5.91 Å². The number of amides is 1. The second kappa shape index (κ2) is 8.40. The Bertz CT molecular complexity index is 630. The van der Waals surface area contributed by atoms with Gasteiger partial charge in [0.1, 0.15) is 0 Å². The van der Waals surface area contributed by atoms with Crippen molar-refractivity contribution in [3.05, 3.63) is 52.5 Å². The van der Waals surface area contributed by atoms with Crippen LogP contribution < -0.4 is 0 Å². The lowest BCUT2D eigenvalue weighted by molar-refractivity contribution is -0.138. The maximum atomic E-state index is 12.7. The molecule has 0 radical (unpaired) electrons. The van der Waals surface area contributed by atoms with Gasteiger partial charge in [0, 0.05) is 30.6 Å². The highest BCUT2D eigenvalue weighted by atomic mass is 32.1. The van der Waals surface area contributed by atoms with Gasteiger partial charge in [0.05, 0.1) is 24.1 Å². The number of hydrogen-bond donors (Lipinski definition) is 0. The molecule has 1 amide bonds. The fourth-order valence-electron chi connectivity index (χ4n) is 3.13. The minimum absolute atomic E-state index is 0.108. The highest BCUT2D eigenvalue weighted by Crippen LogP contribution is 2.28. The van der Waals surface area contributed by atoms with Gasteiger partial charge in [0.25, 0.3) is 0 Å². The first-order valence-corrected chi connectivity index (χ1v) is 9.42. The molecule has 0 spiro atoms. The van der Waals surface area contributed by atoms with E-state index >= 15 is 0 Å². The van der Waals surface area contributed by atoms with Gasteiger partial charge < -0.3 is 9.64 Å². The molecule has 2 aromatic rings. The molecule has 0 bridgehead atoms. The molecule has 1 aliphatic rings. The standard InChI is InChI=1S/C19H24N2O2S/c1-15(13-23-14-16-6-3-2-4-7-16)19(22)21-10-5-8-17(12-21)18-20-9-11-24-18/h2-4,6-7,9,11,15,17H,5,8,10,12-14H2,1H3/t15-,17+/m0/s1. The summed E-state index contributed by atoms with van der Waals surface area (Å²) in [6.45, 7) is 4.62. The van der Waals surface area contributed by atoms with Gasteiger partial charge >= 0.3 is 0 Å². The first kappa shape index (κ1) is 17.1. The topological polar surface area (TPSA) is 42.4 Å². The molecule has 4 nitrogen and oxygen atoms in total. The van der Waals surface area contributed by atoms with E-state index in [1.165, 1.54) is 0 Å². The molecule has 2 heterocycles. The maximum Gasteiger partial charge on any atom is 0.227 e. The number of likely N-dealkylation sites (tertiary alicyclic amines) is 1. The van der Waals surface area contributed by atoms with E-state index in [4.69, 9.17) is 4.74 Å². The van der Waals surface area contributed by atoms with E-state index in [0.29, 0.717) is 19.1 Å². The van der Waals surface area contributed by atoms with Crippen LogP contribution in [0.4, 0.5) is 0 Å². The van der Waals surface area contributed by atoms with Crippen LogP contribution in [-0.2, 0) is 16.1 Å². The van der Waals surface area contributed by atoms with Crippen LogP contribution in [-0.4, -0.2) is 35.5 Å². The number of benzene rings is 1. The number of ether oxygens (including phenoxy) is 1. The first-order chi connectivity index (χ1) is 11.7. The van der Waals surface area contributed by atoms with Gasteiger partial charge in [-0.15, -0.1) is 11.3 Å². The van der Waals surface area contributed by atoms with Crippen molar-refractivity contribution < 1.29 is 9.53 Å². The van der Waals surface area contributed by atoms with E-state index in [9.17, 15) is 4.79 Å². The van der Waals surface area contributed by atoms with Crippen molar-refractivity contribution in [3.8, 4) is 0 Å². The quantitative estimate of drug-likeness (QED) is 0.802. The lowest BCUT2D eigenvalue weighted by Crippen LogP contribution is -2.42. The number of carbonyl (C=O) groups is 1. The van der Waals surface area contributed by atoms with Gasteiger partial charge in [-0.1, -0.05) is 37.3 Å². The van der Waals surface area contributed by atoms with Gasteiger partial charge in [0.15, 0.2) is 0 Å². The summed E-state index contributed by atoms with van der Waals surface area (Å²) in [6.07, 6.45) is 4.02. The number of nitrogens with zero attached hydrogens (tertiary/aromatic N) is 2. The third-order valence-corrected chi connectivity index (χ3v) is 5.37. The van der Waals surface area contributed by atoms with E-state index in [-0.39, 0.29) is 11.8 Å². The Morgan fingerprint density at radius 2 is 2.25 bits per heavy atom. The third kappa shape index (κ3) is 4.42. The van der Waals surface area contributed by atoms with Crippen molar-refractivity contribution in [1.29, 1.82) is 0 Å². The normalized spacial score (nSPS) is 19.2. The monoisotopic (exact) mass is 344 g/mol. The second-order valence-corrected chi connectivity index (χ2v) is 7.32. The average molecular weight is 344 g/mol. The largest absolute Gasteiger partial charge is 0.376 e. The van der Waals surface area contributed by atoms with Crippen LogP contribution in [0.1, 0.15) is 36.3 Å². The average Bonchev–Trinajstić information content (AvgIpc) is 3.17. The SMILES string of the molecule is C[C@@H](COCc1ccccc1)C(=O)N1CCC[C@@H](c2nccs2)C1. The van der Waals surface area contributed by atoms with Crippen molar-refractivity contribution in [1.82, 2.24) is 9.88 Å². The Morgan fingerprint density at radius 3 is 3.00 bits per heavy atom. The maximum absolute atomic E-state index is 12.7. The van der Waals surface area contributed by atoms with Crippen LogP contribution in [0, 0.1) is 5.92 Å². The van der Waals surface area contributed by atoms with Crippen LogP contribution in [0.5, 0.6) is 0 Å². The zero-order chi connectivity index (χ0) is 16.8. The fourth-order valence-corrected chi connectivity index (χ4v) is 3.89. The molecule has 1 aromatic heterocycles. The zero-order valence-electron chi connectivity index (χ0n) is 14.1. The summed E-state index contributed by atoms with van der Waals surface area (Å²) < 4.78 is 5.73. The van der Waals surface area contributed by atoms with Crippen molar-refractivity contribution in [2.45, 2.75) is 32.3 Å². The van der Waals surface area contributed by atoms with Gasteiger partial charge in [-0.2, -0.15) is 0 Å². The molecule has 0 saturated carbocycles. The Hall–Kier alpha value is -1.72. The highest BCUT2D eigenvalue weighted by molar-refractivity contribution is 7.09. The Labute approximate surface area is 147 Å². The second-order valence-electron chi connectivity index (χ2n) is 6.40. The first-order valence-electron chi connectivity index (χ1n) is 8.54. The molecule has 1 aromatic carbocycles. The predicted molar refractivity (Wildman–Crippen MR) is 95.9 cm³/mol. The fraction of sp³-hybridized carbons (Fsp3) is 0.474. The number of piperidine rings is 1. The summed E-state index contributed by atoms with van der Waals surface area (Å²) in [4.78, 5) is 19.1. The van der Waals surface area contributed by atoms with Crippen molar-refractivity contribution in [2.75, 3.05) is 19.7 Å². The Morgan fingerprint density at radius 1 is 1.42 bits per heavy atom. The van der Waals surface area contributed by atoms with Crippen molar-refractivity contribution in [2.24, 2.45) is 5.92 Å². The number of aromatic nitrogens is 1. The summed E-state index contributed by atoms with van der Waals surface area (Å²) in [5.41, 5.74) is 1.14. The minimum atomic E-state index is -0.108. The number of hydrogen-bond acceptors (Lipinski definition) is 4. The molecule has 5 heteroatoms. The molecule has 0 N–H and O–H groups in total. The van der Waals surface area contributed by atoms with E-state index in [2.05, 4.69) is 4.98 Å². The van der Waals surface area contributed by atoms with E-state index < -0.39 is 0 Å². The molecule has 1 aliphatic heterocycles. The molecule has 3 rings (SSSR count). The predicted octanol–water partition coefficient (Wildman–Crippen LogP) is 3.70. The summed E-state index contributed by atoms with van der Waals surface area (Å²) in [5.74, 6) is 0.480. The molecule has 0 aliphatic carbocycles. The van der Waals surface area contributed by atoms with Crippen LogP contribution in [0.25, 0.3) is 0 Å². The Balaban J connectivity index is 1.48. The summed E-state index contributed by atoms with van der Waals surface area (Å²) in [7, 11) is 0. The van der Waals surface area contributed by atoms with Crippen LogP contribution in [0.2, 0.25) is 0 Å². The van der Waals surface area contributed by atoms with Gasteiger partial charge in [-0.05, 0) is 18.4 Å². The molecular formula is C19H24N2O2S. The molecule has 1 fully saturated rings. The van der Waals surface area contributed by atoms with E-state index in [0.717, 1.165) is 36.5 Å². The number of thiazole rings is 1. The van der Waals surface area contributed by atoms with Crippen molar-refractivity contribution in [3.63, 3.8) is 0 Å². The zero-order valence-corrected chi connectivity index (χ0v) is 14.9. The molecule has 2 atom stereocenters. The van der Waals surface area contributed by atoms with Crippen LogP contribution in [0.15, 0.2) is 41.9 Å². The van der Waals surface area contributed by atoms with E-state index in [1.807, 2.05) is 53.7 Å². The van der Waals surface area contributed by atoms with E-state index in [1.54, 1.807) is 11.3 Å².